The van der Waals surface area contributed by atoms with Gasteiger partial charge >= 0.3 is 0 Å². The minimum atomic E-state index is -0.380. The van der Waals surface area contributed by atoms with Crippen molar-refractivity contribution in [2.24, 2.45) is 0 Å². The predicted octanol–water partition coefficient (Wildman–Crippen LogP) is 6.74. The van der Waals surface area contributed by atoms with Crippen molar-refractivity contribution < 1.29 is 14.4 Å². The number of nitro benzene ring substituents is 1. The van der Waals surface area contributed by atoms with E-state index in [9.17, 15) is 10.1 Å². The molecule has 0 saturated heterocycles. The second-order valence-corrected chi connectivity index (χ2v) is 8.35. The van der Waals surface area contributed by atoms with Gasteiger partial charge < -0.3 is 14.4 Å². The number of unbranched alkanes of at least 4 members (excludes halogenated alkanes) is 1. The van der Waals surface area contributed by atoms with Crippen LogP contribution < -0.4 is 14.4 Å². The minimum Gasteiger partial charge on any atom is -0.493 e. The van der Waals surface area contributed by atoms with Gasteiger partial charge in [-0.25, -0.2) is 0 Å². The number of anilines is 2. The summed E-state index contributed by atoms with van der Waals surface area (Å²) in [5.41, 5.74) is 4.36. The third-order valence-corrected chi connectivity index (χ3v) is 5.85. The molecule has 0 aliphatic rings. The zero-order valence-corrected chi connectivity index (χ0v) is 20.2. The Hall–Kier alpha value is -4.39. The maximum Gasteiger partial charge on any atom is 0.269 e. The second-order valence-electron chi connectivity index (χ2n) is 8.35. The molecular formula is C29H29N3O4. The van der Waals surface area contributed by atoms with E-state index >= 15 is 0 Å². The molecule has 0 spiro atoms. The Morgan fingerprint density at radius 2 is 1.67 bits per heavy atom. The van der Waals surface area contributed by atoms with Gasteiger partial charge in [-0.05, 0) is 60.7 Å². The van der Waals surface area contributed by atoms with Gasteiger partial charge in [-0.1, -0.05) is 36.4 Å². The molecule has 36 heavy (non-hydrogen) atoms. The molecule has 4 rings (SSSR count). The summed E-state index contributed by atoms with van der Waals surface area (Å²) >= 11 is 0. The van der Waals surface area contributed by atoms with Crippen LogP contribution in [0.4, 0.5) is 17.1 Å². The number of pyridine rings is 1. The highest BCUT2D eigenvalue weighted by atomic mass is 16.6. The number of hydrogen-bond acceptors (Lipinski definition) is 6. The van der Waals surface area contributed by atoms with Crippen molar-refractivity contribution in [2.45, 2.75) is 25.8 Å². The highest BCUT2D eigenvalue weighted by molar-refractivity contribution is 5.66. The maximum atomic E-state index is 10.8. The van der Waals surface area contributed by atoms with Crippen LogP contribution in [0.1, 0.15) is 24.0 Å². The second kappa shape index (κ2) is 12.4. The van der Waals surface area contributed by atoms with Gasteiger partial charge in [0.05, 0.1) is 18.6 Å². The molecule has 1 heterocycles. The molecule has 0 fully saturated rings. The smallest absolute Gasteiger partial charge is 0.269 e. The number of benzene rings is 3. The van der Waals surface area contributed by atoms with E-state index in [-0.39, 0.29) is 10.6 Å². The molecule has 184 valence electrons. The van der Waals surface area contributed by atoms with E-state index in [0.29, 0.717) is 24.7 Å². The number of nitrogens with zero attached hydrogens (tertiary/aromatic N) is 3. The molecule has 0 amide bonds. The van der Waals surface area contributed by atoms with Gasteiger partial charge in [-0.2, -0.15) is 0 Å². The molecule has 0 bridgehead atoms. The van der Waals surface area contributed by atoms with Gasteiger partial charge in [0.25, 0.3) is 5.69 Å². The van der Waals surface area contributed by atoms with Gasteiger partial charge in [-0.15, -0.1) is 0 Å². The zero-order chi connectivity index (χ0) is 25.2. The number of aryl methyl sites for hydroxylation is 1. The quantitative estimate of drug-likeness (QED) is 0.126. The van der Waals surface area contributed by atoms with Crippen molar-refractivity contribution in [3.63, 3.8) is 0 Å². The van der Waals surface area contributed by atoms with Crippen molar-refractivity contribution in [3.8, 4) is 11.5 Å². The number of rotatable bonds is 12. The summed E-state index contributed by atoms with van der Waals surface area (Å²) in [7, 11) is 1.64. The predicted molar refractivity (Wildman–Crippen MR) is 141 cm³/mol. The number of non-ortho nitro benzene ring substituents is 1. The standard InChI is InChI=1S/C29H29N3O4/c1-35-28-17-16-27(31(25-10-3-2-4-11-25)22-24-9-7-18-30-21-24)20-29(28)36-19-6-5-8-23-12-14-26(15-13-23)32(33)34/h2-4,7,9-18,20-21H,5-6,8,19,22H2,1H3. The summed E-state index contributed by atoms with van der Waals surface area (Å²) in [5.74, 6) is 1.38. The first-order valence-corrected chi connectivity index (χ1v) is 11.9. The number of hydrogen-bond donors (Lipinski definition) is 0. The third kappa shape index (κ3) is 6.60. The molecule has 0 atom stereocenters. The zero-order valence-electron chi connectivity index (χ0n) is 20.2. The number of nitro groups is 1. The number of methoxy groups -OCH3 is 1. The van der Waals surface area contributed by atoms with Crippen molar-refractivity contribution in [2.75, 3.05) is 18.6 Å². The Balaban J connectivity index is 1.42. The molecule has 7 heteroatoms. The lowest BCUT2D eigenvalue weighted by atomic mass is 10.1. The van der Waals surface area contributed by atoms with Crippen LogP contribution in [0, 0.1) is 10.1 Å². The summed E-state index contributed by atoms with van der Waals surface area (Å²) in [5, 5.41) is 10.8. The minimum absolute atomic E-state index is 0.113. The van der Waals surface area contributed by atoms with E-state index in [0.717, 1.165) is 41.8 Å². The van der Waals surface area contributed by atoms with Gasteiger partial charge in [0.1, 0.15) is 0 Å². The van der Waals surface area contributed by atoms with Gasteiger partial charge in [0.15, 0.2) is 11.5 Å². The van der Waals surface area contributed by atoms with E-state index in [1.807, 2.05) is 60.8 Å². The van der Waals surface area contributed by atoms with Crippen LogP contribution in [-0.4, -0.2) is 23.6 Å². The fraction of sp³-hybridized carbons (Fsp3) is 0.207. The van der Waals surface area contributed by atoms with Crippen LogP contribution in [0.2, 0.25) is 0 Å². The SMILES string of the molecule is COc1ccc(N(Cc2cccnc2)c2ccccc2)cc1OCCCCc1ccc([N+](=O)[O-])cc1. The number of para-hydroxylation sites is 1. The average molecular weight is 484 g/mol. The number of aromatic nitrogens is 1. The summed E-state index contributed by atoms with van der Waals surface area (Å²) in [4.78, 5) is 16.9. The Bertz CT molecular complexity index is 1250. The first-order chi connectivity index (χ1) is 17.6. The van der Waals surface area contributed by atoms with Gasteiger partial charge in [0, 0.05) is 48.5 Å². The van der Waals surface area contributed by atoms with Crippen molar-refractivity contribution in [3.05, 3.63) is 119 Å². The summed E-state index contributed by atoms with van der Waals surface area (Å²) in [6.07, 6.45) is 6.25. The van der Waals surface area contributed by atoms with E-state index < -0.39 is 0 Å². The van der Waals surface area contributed by atoms with E-state index in [1.165, 1.54) is 0 Å². The van der Waals surface area contributed by atoms with Crippen LogP contribution in [-0.2, 0) is 13.0 Å². The van der Waals surface area contributed by atoms with Gasteiger partial charge in [-0.3, -0.25) is 15.1 Å². The molecule has 7 nitrogen and oxygen atoms in total. The largest absolute Gasteiger partial charge is 0.493 e. The van der Waals surface area contributed by atoms with Crippen LogP contribution in [0.25, 0.3) is 0 Å². The Kier molecular flexibility index (Phi) is 8.48. The Morgan fingerprint density at radius 3 is 2.36 bits per heavy atom. The fourth-order valence-electron chi connectivity index (χ4n) is 3.96. The van der Waals surface area contributed by atoms with Crippen molar-refractivity contribution >= 4 is 17.1 Å². The van der Waals surface area contributed by atoms with Crippen LogP contribution in [0.5, 0.6) is 11.5 Å². The molecule has 0 aliphatic heterocycles. The normalized spacial score (nSPS) is 10.6. The van der Waals surface area contributed by atoms with E-state index in [2.05, 4.69) is 28.1 Å². The van der Waals surface area contributed by atoms with Crippen molar-refractivity contribution in [1.29, 1.82) is 0 Å². The molecule has 0 radical (unpaired) electrons. The maximum absolute atomic E-state index is 10.8. The number of ether oxygens (including phenoxy) is 2. The van der Waals surface area contributed by atoms with E-state index in [1.54, 1.807) is 25.4 Å². The van der Waals surface area contributed by atoms with Crippen LogP contribution >= 0.6 is 0 Å². The first-order valence-electron chi connectivity index (χ1n) is 11.9. The Morgan fingerprint density at radius 1 is 0.861 bits per heavy atom. The molecule has 0 aliphatic carbocycles. The summed E-state index contributed by atoms with van der Waals surface area (Å²) in [6, 6.07) is 26.9. The summed E-state index contributed by atoms with van der Waals surface area (Å²) < 4.78 is 11.7. The fourth-order valence-corrected chi connectivity index (χ4v) is 3.96. The lowest BCUT2D eigenvalue weighted by Gasteiger charge is -2.26. The van der Waals surface area contributed by atoms with Gasteiger partial charge in [0.2, 0.25) is 0 Å². The van der Waals surface area contributed by atoms with Crippen LogP contribution in [0.15, 0.2) is 97.3 Å². The third-order valence-electron chi connectivity index (χ3n) is 5.85. The lowest BCUT2D eigenvalue weighted by molar-refractivity contribution is -0.384. The molecule has 0 N–H and O–H groups in total. The first kappa shape index (κ1) is 24.7. The highest BCUT2D eigenvalue weighted by Crippen LogP contribution is 2.35. The monoisotopic (exact) mass is 483 g/mol. The van der Waals surface area contributed by atoms with E-state index in [4.69, 9.17) is 9.47 Å². The highest BCUT2D eigenvalue weighted by Gasteiger charge is 2.14. The molecule has 1 aromatic heterocycles. The average Bonchev–Trinajstić information content (AvgIpc) is 2.93. The molecule has 3 aromatic carbocycles. The molecule has 0 unspecified atom stereocenters. The molecular weight excluding hydrogens is 454 g/mol. The Labute approximate surface area is 211 Å². The van der Waals surface area contributed by atoms with Crippen LogP contribution in [0.3, 0.4) is 0 Å². The lowest BCUT2D eigenvalue weighted by Crippen LogP contribution is -2.16. The molecule has 4 aromatic rings. The molecule has 0 saturated carbocycles. The topological polar surface area (TPSA) is 77.7 Å². The van der Waals surface area contributed by atoms with Crippen molar-refractivity contribution in [1.82, 2.24) is 4.98 Å². The summed E-state index contributed by atoms with van der Waals surface area (Å²) in [6.45, 7) is 1.21.